The van der Waals surface area contributed by atoms with E-state index in [2.05, 4.69) is 0 Å². The van der Waals surface area contributed by atoms with E-state index < -0.39 is 37.2 Å². The van der Waals surface area contributed by atoms with Crippen LogP contribution in [0.2, 0.25) is 0 Å². The quantitative estimate of drug-likeness (QED) is 0.0679. The summed E-state index contributed by atoms with van der Waals surface area (Å²) in [4.78, 5) is 43.3. The number of hydrogen-bond donors (Lipinski definition) is 6. The van der Waals surface area contributed by atoms with Crippen LogP contribution in [0, 0.1) is 0 Å². The van der Waals surface area contributed by atoms with Crippen molar-refractivity contribution in [3.8, 4) is 0 Å². The molecule has 0 unspecified atom stereocenters. The van der Waals surface area contributed by atoms with Gasteiger partial charge in [0.05, 0.1) is 0 Å². The van der Waals surface area contributed by atoms with Crippen molar-refractivity contribution in [3.63, 3.8) is 0 Å². The predicted molar refractivity (Wildman–Crippen MR) is 60.5 cm³/mol. The van der Waals surface area contributed by atoms with Crippen molar-refractivity contribution in [2.75, 3.05) is 0 Å². The fraction of sp³-hybridized carbons (Fsp3) is 0. The van der Waals surface area contributed by atoms with Crippen molar-refractivity contribution >= 4 is 57.6 Å². The fourth-order valence-electron chi connectivity index (χ4n) is 0. The summed E-state index contributed by atoms with van der Waals surface area (Å²) in [6, 6.07) is 0. The monoisotopic (exact) mass is 617 g/mol. The Balaban J connectivity index is -0.0000000298. The second kappa shape index (κ2) is 25.2. The van der Waals surface area contributed by atoms with Crippen LogP contribution in [0.25, 0.3) is 0 Å². The molecule has 1 radical (unpaired) electrons. The molecule has 0 aliphatic carbocycles. The third kappa shape index (κ3) is 2620. The number of rotatable bonds is 0. The van der Waals surface area contributed by atoms with Gasteiger partial charge in [-0.05, 0) is 0 Å². The van der Waals surface area contributed by atoms with Crippen molar-refractivity contribution in [2.45, 2.75) is 0 Å². The van der Waals surface area contributed by atoms with Gasteiger partial charge in [-0.2, -0.15) is 0 Å². The molecule has 15 nitrogen and oxygen atoms in total. The van der Waals surface area contributed by atoms with Gasteiger partial charge in [-0.25, -0.2) is 4.57 Å². The van der Waals surface area contributed by atoms with Crippen LogP contribution in [-0.2, 0) is 71.3 Å². The van der Waals surface area contributed by atoms with Gasteiger partial charge in [-0.1, -0.05) is 0 Å². The van der Waals surface area contributed by atoms with Gasteiger partial charge in [0.1, 0.15) is 0 Å². The molecule has 0 spiro atoms. The van der Waals surface area contributed by atoms with Gasteiger partial charge in [0.25, 0.3) is 0 Å². The van der Waals surface area contributed by atoms with Crippen molar-refractivity contribution in [1.29, 1.82) is 0 Å². The topological polar surface area (TPSA) is 299 Å². The van der Waals surface area contributed by atoms with Gasteiger partial charge >= 0.3 is 82.7 Å². The van der Waals surface area contributed by atoms with Crippen LogP contribution >= 0.6 is 36.8 Å². The number of hydrogen-bond acceptors (Lipinski definition) is 12. The Labute approximate surface area is 171 Å². The Kier molecular flexibility index (Phi) is 47.5. The molecule has 0 aromatic heterocycles. The summed E-state index contributed by atoms with van der Waals surface area (Å²) in [6.45, 7) is 0. The second-order valence-electron chi connectivity index (χ2n) is 1.64. The summed E-state index contributed by atoms with van der Waals surface area (Å²) in [5.74, 6) is 0. The molecule has 0 aliphatic rings. The molecule has 0 amide bonds. The van der Waals surface area contributed by atoms with E-state index in [1.54, 1.807) is 0 Å². The summed E-state index contributed by atoms with van der Waals surface area (Å²) in [7, 11) is -8.19. The molecule has 0 aliphatic heterocycles. The molecule has 0 saturated carbocycles. The third-order valence-corrected chi connectivity index (χ3v) is 0. The SMILES string of the molecule is O=P(O)(O)O.O=S(=O)([O-])[O-].O=S(=O)([O-])[O-].OP(O)O.[Cl][Ni][Cl].[Co+2].[Ni+2]. The molecule has 0 atom stereocenters. The molecule has 6 N–H and O–H groups in total. The fourth-order valence-corrected chi connectivity index (χ4v) is 0. The Bertz CT molecular complexity index is 401. The maximum atomic E-state index is 8.88. The smallest absolute Gasteiger partial charge is 2.00 e. The summed E-state index contributed by atoms with van der Waals surface area (Å²) in [5, 5.41) is 0. The molecule has 0 bridgehead atoms. The van der Waals surface area contributed by atoms with E-state index in [-0.39, 0.29) is 33.3 Å². The molecule has 0 aromatic carbocycles. The minimum absolute atomic E-state index is 0. The van der Waals surface area contributed by atoms with Crippen LogP contribution < -0.4 is 0 Å². The standard InChI is InChI=1S/2ClH.Co.2Ni.H3O4P.2H2O4S.H3O3P/c;;;;;3*1-5(2,3)4;1-4(2)3/h2*1H;;;;(H3,1,2,3,4);2*(H2,1,2,3,4);1-3H/q;;3*+2;;;;/p-6. The zero-order valence-electron chi connectivity index (χ0n) is 9.79. The van der Waals surface area contributed by atoms with Crippen molar-refractivity contribution in [1.82, 2.24) is 0 Å². The first-order valence-electron chi connectivity index (χ1n) is 2.95. The van der Waals surface area contributed by atoms with Crippen LogP contribution in [0.15, 0.2) is 0 Å². The van der Waals surface area contributed by atoms with E-state index in [9.17, 15) is 0 Å². The van der Waals surface area contributed by atoms with Gasteiger partial charge in [-0.3, -0.25) is 16.8 Å². The van der Waals surface area contributed by atoms with Crippen molar-refractivity contribution in [3.05, 3.63) is 0 Å². The van der Waals surface area contributed by atoms with Gasteiger partial charge in [0.2, 0.25) is 0 Å². The van der Waals surface area contributed by atoms with Gasteiger partial charge in [0, 0.05) is 20.8 Å². The van der Waals surface area contributed by atoms with Crippen LogP contribution in [-0.4, -0.2) is 64.4 Å². The largest absolute Gasteiger partial charge is 2.00 e. The van der Waals surface area contributed by atoms with Crippen LogP contribution in [0.3, 0.4) is 0 Å². The maximum absolute atomic E-state index is 8.88. The van der Waals surface area contributed by atoms with Gasteiger partial charge < -0.3 is 47.6 Å². The third-order valence-electron chi connectivity index (χ3n) is 0. The van der Waals surface area contributed by atoms with E-state index >= 15 is 0 Å². The number of halogens is 2. The second-order valence-corrected chi connectivity index (χ2v) is 6.47. The van der Waals surface area contributed by atoms with Gasteiger partial charge in [0.15, 0.2) is 0 Å². The first kappa shape index (κ1) is 45.2. The van der Waals surface area contributed by atoms with E-state index in [1.807, 2.05) is 0 Å². The zero-order valence-corrected chi connectivity index (χ0v) is 17.7. The zero-order chi connectivity index (χ0) is 19.8. The first-order chi connectivity index (χ1) is 9.15. The minimum atomic E-state index is -5.17. The van der Waals surface area contributed by atoms with Crippen LogP contribution in [0.5, 0.6) is 0 Å². The van der Waals surface area contributed by atoms with Crippen molar-refractivity contribution in [2.24, 2.45) is 0 Å². The Morgan fingerprint density at radius 2 is 0.833 bits per heavy atom. The Morgan fingerprint density at radius 3 is 0.833 bits per heavy atom. The summed E-state index contributed by atoms with van der Waals surface area (Å²) >= 11 is 0.569. The molecular formula is H6Cl2CoNi2O15P2S2. The maximum Gasteiger partial charge on any atom is 2.00 e. The molecule has 0 aromatic rings. The van der Waals surface area contributed by atoms with E-state index in [0.717, 1.165) is 0 Å². The average molecular weight is 619 g/mol. The van der Waals surface area contributed by atoms with E-state index in [0.29, 0.717) is 12.7 Å². The molecule has 0 saturated heterocycles. The molecular weight excluding hydrogens is 613 g/mol. The van der Waals surface area contributed by atoms with Crippen molar-refractivity contribution < 1.29 is 115 Å². The van der Waals surface area contributed by atoms with Crippen LogP contribution in [0.1, 0.15) is 0 Å². The predicted octanol–water partition coefficient (Wildman–Crippen LogP) is -3.04. The molecule has 0 rings (SSSR count). The summed E-state index contributed by atoms with van der Waals surface area (Å²) in [6.07, 6.45) is 0. The average Bonchev–Trinajstić information content (AvgIpc) is 1.89. The van der Waals surface area contributed by atoms with E-state index in [4.69, 9.17) is 89.4 Å². The molecule has 161 valence electrons. The molecule has 24 heavy (non-hydrogen) atoms. The molecule has 0 heterocycles. The summed E-state index contributed by atoms with van der Waals surface area (Å²) < 4.78 is 77.0. The Morgan fingerprint density at radius 1 is 0.833 bits per heavy atom. The van der Waals surface area contributed by atoms with E-state index in [1.165, 1.54) is 0 Å². The van der Waals surface area contributed by atoms with Crippen LogP contribution in [0.4, 0.5) is 0 Å². The Hall–Kier alpha value is 2.23. The summed E-state index contributed by atoms with van der Waals surface area (Å²) in [5.41, 5.74) is 0. The number of phosphoric acid groups is 1. The minimum Gasteiger partial charge on any atom is 2.00 e. The molecule has 0 fully saturated rings. The molecule has 24 heteroatoms. The normalized spacial score (nSPS) is 9.71. The van der Waals surface area contributed by atoms with Gasteiger partial charge in [-0.15, -0.1) is 0 Å². The first-order valence-corrected chi connectivity index (χ1v) is 11.1.